The molecule has 9 aromatic carbocycles. The van der Waals surface area contributed by atoms with Crippen LogP contribution in [0.1, 0.15) is 0 Å². The van der Waals surface area contributed by atoms with Crippen LogP contribution >= 0.6 is 0 Å². The highest BCUT2D eigenvalue weighted by Gasteiger charge is 2.19. The molecule has 0 amide bonds. The fourth-order valence-electron chi connectivity index (χ4n) is 8.10. The molecule has 4 heteroatoms. The molecular weight excluding hydrogens is 673 g/mol. The Hall–Kier alpha value is -7.43. The summed E-state index contributed by atoms with van der Waals surface area (Å²) in [6.07, 6.45) is 0. The van der Waals surface area contributed by atoms with Crippen molar-refractivity contribution in [2.75, 3.05) is 4.90 Å². The van der Waals surface area contributed by atoms with E-state index in [4.69, 9.17) is 13.8 Å². The first-order valence-electron chi connectivity index (χ1n) is 18.5. The van der Waals surface area contributed by atoms with E-state index in [-0.39, 0.29) is 0 Å². The second-order valence-corrected chi connectivity index (χ2v) is 13.9. The molecule has 0 aliphatic rings. The van der Waals surface area contributed by atoms with E-state index in [1.54, 1.807) is 0 Å². The first-order chi connectivity index (χ1) is 27.3. The highest BCUT2D eigenvalue weighted by atomic mass is 16.3. The summed E-state index contributed by atoms with van der Waals surface area (Å²) in [5, 5.41) is 6.67. The molecule has 0 aliphatic heterocycles. The normalized spacial score (nSPS) is 11.6. The van der Waals surface area contributed by atoms with E-state index >= 15 is 0 Å². The molecule has 2 aromatic heterocycles. The Bertz CT molecular complexity index is 3180. The molecule has 4 nitrogen and oxygen atoms in total. The maximum atomic E-state index is 6.63. The second-order valence-electron chi connectivity index (χ2n) is 13.9. The number of oxazole rings is 1. The molecule has 55 heavy (non-hydrogen) atoms. The lowest BCUT2D eigenvalue weighted by Gasteiger charge is -2.26. The van der Waals surface area contributed by atoms with Gasteiger partial charge in [0.05, 0.1) is 0 Å². The molecule has 0 aliphatic carbocycles. The molecular formula is C51H32N2O2. The van der Waals surface area contributed by atoms with Crippen LogP contribution in [-0.2, 0) is 0 Å². The van der Waals surface area contributed by atoms with Crippen LogP contribution in [0, 0.1) is 0 Å². The average Bonchev–Trinajstić information content (AvgIpc) is 3.87. The zero-order valence-corrected chi connectivity index (χ0v) is 29.7. The van der Waals surface area contributed by atoms with Crippen molar-refractivity contribution in [3.05, 3.63) is 194 Å². The lowest BCUT2D eigenvalue weighted by molar-refractivity contribution is 0.623. The Morgan fingerprint density at radius 3 is 1.80 bits per heavy atom. The molecule has 0 fully saturated rings. The van der Waals surface area contributed by atoms with Crippen LogP contribution < -0.4 is 4.90 Å². The number of aromatic nitrogens is 1. The van der Waals surface area contributed by atoms with Crippen molar-refractivity contribution in [3.63, 3.8) is 0 Å². The highest BCUT2D eigenvalue weighted by molar-refractivity contribution is 6.19. The van der Waals surface area contributed by atoms with Gasteiger partial charge >= 0.3 is 0 Å². The number of furan rings is 1. The van der Waals surface area contributed by atoms with Gasteiger partial charge in [-0.1, -0.05) is 133 Å². The Morgan fingerprint density at radius 1 is 0.382 bits per heavy atom. The number of benzene rings is 9. The maximum absolute atomic E-state index is 6.63. The van der Waals surface area contributed by atoms with Gasteiger partial charge in [-0.3, -0.25) is 0 Å². The van der Waals surface area contributed by atoms with Crippen LogP contribution in [0.15, 0.2) is 203 Å². The number of rotatable bonds is 6. The number of fused-ring (bicyclic) bond motifs is 8. The zero-order valence-electron chi connectivity index (χ0n) is 29.7. The Labute approximate surface area is 317 Å². The van der Waals surface area contributed by atoms with Crippen molar-refractivity contribution in [2.45, 2.75) is 0 Å². The largest absolute Gasteiger partial charge is 0.455 e. The number of nitrogens with zero attached hydrogens (tertiary/aromatic N) is 2. The van der Waals surface area contributed by atoms with Gasteiger partial charge < -0.3 is 13.7 Å². The first-order valence-corrected chi connectivity index (χ1v) is 18.5. The lowest BCUT2D eigenvalue weighted by atomic mass is 9.97. The van der Waals surface area contributed by atoms with Crippen molar-refractivity contribution in [2.24, 2.45) is 0 Å². The third-order valence-corrected chi connectivity index (χ3v) is 10.7. The van der Waals surface area contributed by atoms with E-state index in [1.807, 2.05) is 30.3 Å². The lowest BCUT2D eigenvalue weighted by Crippen LogP contribution is -2.09. The minimum absolute atomic E-state index is 0.622. The summed E-state index contributed by atoms with van der Waals surface area (Å²) in [7, 11) is 0. The third kappa shape index (κ3) is 5.19. The summed E-state index contributed by atoms with van der Waals surface area (Å²) in [5.74, 6) is 0.622. The van der Waals surface area contributed by atoms with Crippen LogP contribution in [0.2, 0.25) is 0 Å². The summed E-state index contributed by atoms with van der Waals surface area (Å²) in [6.45, 7) is 0. The van der Waals surface area contributed by atoms with Crippen molar-refractivity contribution in [3.8, 4) is 33.7 Å². The summed E-state index contributed by atoms with van der Waals surface area (Å²) < 4.78 is 13.2. The Kier molecular flexibility index (Phi) is 7.14. The predicted molar refractivity (Wildman–Crippen MR) is 227 cm³/mol. The predicted octanol–water partition coefficient (Wildman–Crippen LogP) is 14.5. The van der Waals surface area contributed by atoms with Gasteiger partial charge in [0.2, 0.25) is 5.89 Å². The van der Waals surface area contributed by atoms with Crippen molar-refractivity contribution >= 4 is 71.6 Å². The zero-order chi connectivity index (χ0) is 36.3. The van der Waals surface area contributed by atoms with Crippen LogP contribution in [0.4, 0.5) is 17.1 Å². The van der Waals surface area contributed by atoms with E-state index in [1.165, 1.54) is 11.1 Å². The van der Waals surface area contributed by atoms with Gasteiger partial charge in [0.25, 0.3) is 0 Å². The van der Waals surface area contributed by atoms with Crippen LogP contribution in [0.25, 0.3) is 88.3 Å². The van der Waals surface area contributed by atoms with Gasteiger partial charge in [0, 0.05) is 44.3 Å². The summed E-state index contributed by atoms with van der Waals surface area (Å²) in [5.41, 5.74) is 12.0. The molecule has 0 N–H and O–H groups in total. The van der Waals surface area contributed by atoms with E-state index in [9.17, 15) is 0 Å². The van der Waals surface area contributed by atoms with Crippen LogP contribution in [0.5, 0.6) is 0 Å². The summed E-state index contributed by atoms with van der Waals surface area (Å²) in [4.78, 5) is 7.20. The topological polar surface area (TPSA) is 42.4 Å². The van der Waals surface area contributed by atoms with E-state index < -0.39 is 0 Å². The summed E-state index contributed by atoms with van der Waals surface area (Å²) in [6, 6.07) is 67.9. The molecule has 2 heterocycles. The van der Waals surface area contributed by atoms with Crippen molar-refractivity contribution in [1.29, 1.82) is 0 Å². The standard InChI is InChI=1S/C51H32N2O2/c1-4-12-33(13-5-1)41-18-11-21-46-48(41)43-20-10-19-42(49(43)54-46)34-24-28-39(29-25-34)53(38-16-8-3-9-17-38)40-30-26-35-22-23-36-27-31-45-50(47(36)44(35)32-40)55-51(52-45)37-14-6-2-7-15-37/h1-32H. The Balaban J connectivity index is 1.04. The van der Waals surface area contributed by atoms with E-state index in [2.05, 4.69) is 169 Å². The van der Waals surface area contributed by atoms with Crippen LogP contribution in [0.3, 0.4) is 0 Å². The van der Waals surface area contributed by atoms with E-state index in [0.717, 1.165) is 88.3 Å². The summed E-state index contributed by atoms with van der Waals surface area (Å²) >= 11 is 0. The molecule has 0 spiro atoms. The molecule has 0 radical (unpaired) electrons. The highest BCUT2D eigenvalue weighted by Crippen LogP contribution is 2.43. The molecule has 11 aromatic rings. The fourth-order valence-corrected chi connectivity index (χ4v) is 8.10. The average molecular weight is 705 g/mol. The quantitative estimate of drug-likeness (QED) is 0.162. The number of hydrogen-bond donors (Lipinski definition) is 0. The SMILES string of the molecule is c1ccc(-c2nc3ccc4ccc5ccc(N(c6ccccc6)c6ccc(-c7cccc8c7oc7cccc(-c9ccccc9)c78)cc6)cc5c4c3o2)cc1. The van der Waals surface area contributed by atoms with Crippen LogP contribution in [-0.4, -0.2) is 4.98 Å². The smallest absolute Gasteiger partial charge is 0.227 e. The molecule has 0 unspecified atom stereocenters. The second kappa shape index (κ2) is 12.6. The molecule has 11 rings (SSSR count). The maximum Gasteiger partial charge on any atom is 0.227 e. The molecule has 0 atom stereocenters. The third-order valence-electron chi connectivity index (χ3n) is 10.7. The monoisotopic (exact) mass is 704 g/mol. The first kappa shape index (κ1) is 31.1. The fraction of sp³-hybridized carbons (Fsp3) is 0. The molecule has 258 valence electrons. The van der Waals surface area contributed by atoms with Gasteiger partial charge in [0.1, 0.15) is 16.7 Å². The minimum Gasteiger partial charge on any atom is -0.455 e. The number of para-hydroxylation sites is 2. The number of anilines is 3. The minimum atomic E-state index is 0.622. The molecule has 0 bridgehead atoms. The van der Waals surface area contributed by atoms with Gasteiger partial charge in [-0.2, -0.15) is 0 Å². The van der Waals surface area contributed by atoms with Gasteiger partial charge in [-0.05, 0) is 93.5 Å². The number of hydrogen-bond acceptors (Lipinski definition) is 4. The molecule has 0 saturated carbocycles. The molecule has 0 saturated heterocycles. The van der Waals surface area contributed by atoms with Gasteiger partial charge in [-0.25, -0.2) is 4.98 Å². The van der Waals surface area contributed by atoms with Crippen molar-refractivity contribution in [1.82, 2.24) is 4.98 Å². The van der Waals surface area contributed by atoms with Crippen molar-refractivity contribution < 1.29 is 8.83 Å². The van der Waals surface area contributed by atoms with Gasteiger partial charge in [0.15, 0.2) is 5.58 Å². The Morgan fingerprint density at radius 2 is 1.00 bits per heavy atom. The van der Waals surface area contributed by atoms with E-state index in [0.29, 0.717) is 5.89 Å². The van der Waals surface area contributed by atoms with Gasteiger partial charge in [-0.15, -0.1) is 0 Å².